The van der Waals surface area contributed by atoms with Crippen molar-refractivity contribution in [1.82, 2.24) is 5.32 Å². The zero-order valence-electron chi connectivity index (χ0n) is 38.6. The molecule has 0 radical (unpaired) electrons. The monoisotopic (exact) mass is 794 g/mol. The zero-order valence-corrected chi connectivity index (χ0v) is 38.6. The molecule has 56 heavy (non-hydrogen) atoms. The van der Waals surface area contributed by atoms with Gasteiger partial charge in [0.2, 0.25) is 0 Å². The Balaban J connectivity index is 4.11. The highest BCUT2D eigenvalue weighted by molar-refractivity contribution is 5.69. The van der Waals surface area contributed by atoms with Crippen LogP contribution in [-0.2, 0) is 23.8 Å². The van der Waals surface area contributed by atoms with Crippen LogP contribution >= 0.6 is 0 Å². The molecule has 0 amide bonds. The molecule has 334 valence electrons. The summed E-state index contributed by atoms with van der Waals surface area (Å²) in [5, 5.41) is 3.41. The fourth-order valence-electron chi connectivity index (χ4n) is 8.05. The molecule has 0 saturated carbocycles. The van der Waals surface area contributed by atoms with Crippen LogP contribution in [0, 0.1) is 11.8 Å². The molecule has 0 aliphatic heterocycles. The lowest BCUT2D eigenvalue weighted by atomic mass is 9.92. The van der Waals surface area contributed by atoms with Crippen molar-refractivity contribution < 1.29 is 23.8 Å². The molecule has 0 heterocycles. The van der Waals surface area contributed by atoms with Crippen LogP contribution in [0.4, 0.5) is 0 Å². The lowest BCUT2D eigenvalue weighted by molar-refractivity contribution is -0.145. The largest absolute Gasteiger partial charge is 0.466 e. The van der Waals surface area contributed by atoms with E-state index in [4.69, 9.17) is 14.2 Å². The molecule has 0 aromatic rings. The summed E-state index contributed by atoms with van der Waals surface area (Å²) in [5.74, 6) is 1.45. The van der Waals surface area contributed by atoms with E-state index in [1.165, 1.54) is 154 Å². The number of carbonyl (C=O) groups is 2. The van der Waals surface area contributed by atoms with Gasteiger partial charge in [-0.05, 0) is 69.9 Å². The Hall–Kier alpha value is -1.14. The Morgan fingerprint density at radius 2 is 0.750 bits per heavy atom. The van der Waals surface area contributed by atoms with Crippen LogP contribution in [0.1, 0.15) is 259 Å². The predicted molar refractivity (Wildman–Crippen MR) is 241 cm³/mol. The third-order valence-electron chi connectivity index (χ3n) is 11.9. The number of rotatable bonds is 46. The third kappa shape index (κ3) is 39.7. The standard InChI is InChI=1S/C50H99NO5/c1-6-11-23-32-46(33-24-12-7-2)40-44-55-49(52)38-29-21-17-15-19-27-36-48(54-43-31-42-51-10-5)37-28-20-16-18-22-30-39-50(53)56-45-41-47(34-25-13-8-3)35-26-14-9-4/h46-48,51H,6-45H2,1-5H3. The molecule has 0 aliphatic rings. The van der Waals surface area contributed by atoms with Gasteiger partial charge in [0.15, 0.2) is 0 Å². The van der Waals surface area contributed by atoms with Crippen molar-refractivity contribution in [2.24, 2.45) is 11.8 Å². The van der Waals surface area contributed by atoms with Crippen LogP contribution in [0.5, 0.6) is 0 Å². The summed E-state index contributed by atoms with van der Waals surface area (Å²) in [6.07, 6.45) is 41.8. The first-order chi connectivity index (χ1) is 27.5. The van der Waals surface area contributed by atoms with E-state index in [-0.39, 0.29) is 11.9 Å². The summed E-state index contributed by atoms with van der Waals surface area (Å²) in [6, 6.07) is 0. The highest BCUT2D eigenvalue weighted by Gasteiger charge is 2.13. The number of nitrogens with one attached hydrogen (secondary N) is 1. The van der Waals surface area contributed by atoms with Gasteiger partial charge in [-0.3, -0.25) is 9.59 Å². The Labute approximate surface area is 350 Å². The van der Waals surface area contributed by atoms with Crippen LogP contribution in [0.15, 0.2) is 0 Å². The van der Waals surface area contributed by atoms with E-state index in [0.717, 1.165) is 89.3 Å². The summed E-state index contributed by atoms with van der Waals surface area (Å²) in [5.41, 5.74) is 0. The molecule has 0 fully saturated rings. The fourth-order valence-corrected chi connectivity index (χ4v) is 8.05. The average Bonchev–Trinajstić information content (AvgIpc) is 3.19. The van der Waals surface area contributed by atoms with Gasteiger partial charge in [0.25, 0.3) is 0 Å². The molecule has 6 heteroatoms. The minimum atomic E-state index is 0.00442. The predicted octanol–water partition coefficient (Wildman–Crippen LogP) is 15.0. The fraction of sp³-hybridized carbons (Fsp3) is 0.960. The number of hydrogen-bond acceptors (Lipinski definition) is 6. The Morgan fingerprint density at radius 1 is 0.393 bits per heavy atom. The smallest absolute Gasteiger partial charge is 0.305 e. The maximum absolute atomic E-state index is 12.3. The molecule has 0 aliphatic carbocycles. The van der Waals surface area contributed by atoms with Gasteiger partial charge in [0.05, 0.1) is 19.3 Å². The van der Waals surface area contributed by atoms with Crippen molar-refractivity contribution in [2.45, 2.75) is 265 Å². The van der Waals surface area contributed by atoms with E-state index in [2.05, 4.69) is 39.9 Å². The number of hydrogen-bond donors (Lipinski definition) is 1. The van der Waals surface area contributed by atoms with Crippen molar-refractivity contribution in [2.75, 3.05) is 32.9 Å². The van der Waals surface area contributed by atoms with Gasteiger partial charge < -0.3 is 19.5 Å². The van der Waals surface area contributed by atoms with Gasteiger partial charge in [-0.15, -0.1) is 0 Å². The van der Waals surface area contributed by atoms with E-state index >= 15 is 0 Å². The van der Waals surface area contributed by atoms with Gasteiger partial charge in [0.1, 0.15) is 0 Å². The second kappa shape index (κ2) is 45.0. The first-order valence-electron chi connectivity index (χ1n) is 25.1. The van der Waals surface area contributed by atoms with E-state index in [0.29, 0.717) is 32.2 Å². The van der Waals surface area contributed by atoms with Crippen molar-refractivity contribution >= 4 is 11.9 Å². The average molecular weight is 794 g/mol. The summed E-state index contributed by atoms with van der Waals surface area (Å²) in [6.45, 7) is 15.3. The Morgan fingerprint density at radius 3 is 1.12 bits per heavy atom. The molecule has 1 N–H and O–H groups in total. The molecule has 0 atom stereocenters. The van der Waals surface area contributed by atoms with E-state index in [1.54, 1.807) is 0 Å². The summed E-state index contributed by atoms with van der Waals surface area (Å²) < 4.78 is 17.7. The normalized spacial score (nSPS) is 11.7. The lowest BCUT2D eigenvalue weighted by Gasteiger charge is -2.18. The van der Waals surface area contributed by atoms with E-state index in [1.807, 2.05) is 0 Å². The number of unbranched alkanes of at least 4 members (excludes halogenated alkanes) is 18. The van der Waals surface area contributed by atoms with Crippen molar-refractivity contribution in [3.05, 3.63) is 0 Å². The maximum Gasteiger partial charge on any atom is 0.305 e. The van der Waals surface area contributed by atoms with Gasteiger partial charge >= 0.3 is 11.9 Å². The number of esters is 2. The zero-order chi connectivity index (χ0) is 41.0. The molecule has 0 saturated heterocycles. The summed E-state index contributed by atoms with van der Waals surface area (Å²) >= 11 is 0. The molecule has 0 bridgehead atoms. The quantitative estimate of drug-likeness (QED) is 0.0489. The molecular formula is C50H99NO5. The molecule has 0 aromatic carbocycles. The second-order valence-corrected chi connectivity index (χ2v) is 17.3. The molecule has 0 unspecified atom stereocenters. The first kappa shape index (κ1) is 54.9. The molecular weight excluding hydrogens is 695 g/mol. The third-order valence-corrected chi connectivity index (χ3v) is 11.9. The van der Waals surface area contributed by atoms with Gasteiger partial charge in [-0.1, -0.05) is 202 Å². The minimum absolute atomic E-state index is 0.00442. The van der Waals surface area contributed by atoms with Crippen LogP contribution in [-0.4, -0.2) is 51.0 Å². The minimum Gasteiger partial charge on any atom is -0.466 e. The van der Waals surface area contributed by atoms with Crippen molar-refractivity contribution in [3.8, 4) is 0 Å². The summed E-state index contributed by atoms with van der Waals surface area (Å²) in [7, 11) is 0. The topological polar surface area (TPSA) is 73.9 Å². The molecule has 0 spiro atoms. The SMILES string of the molecule is CCCCCC(CCCCC)CCOC(=O)CCCCCCCCC(CCCCCCCCC(=O)OCCC(CCCCC)CCCCC)OCCCNCC. The molecule has 0 aromatic heterocycles. The van der Waals surface area contributed by atoms with Gasteiger partial charge in [-0.25, -0.2) is 0 Å². The first-order valence-corrected chi connectivity index (χ1v) is 25.1. The molecule has 6 nitrogen and oxygen atoms in total. The number of ether oxygens (including phenoxy) is 3. The Bertz CT molecular complexity index is 728. The van der Waals surface area contributed by atoms with Crippen LogP contribution in [0.3, 0.4) is 0 Å². The van der Waals surface area contributed by atoms with Gasteiger partial charge in [-0.2, -0.15) is 0 Å². The van der Waals surface area contributed by atoms with Crippen molar-refractivity contribution in [3.63, 3.8) is 0 Å². The van der Waals surface area contributed by atoms with Crippen LogP contribution in [0.25, 0.3) is 0 Å². The van der Waals surface area contributed by atoms with E-state index in [9.17, 15) is 9.59 Å². The van der Waals surface area contributed by atoms with Crippen LogP contribution < -0.4 is 5.32 Å². The molecule has 0 rings (SSSR count). The van der Waals surface area contributed by atoms with E-state index < -0.39 is 0 Å². The second-order valence-electron chi connectivity index (χ2n) is 17.3. The van der Waals surface area contributed by atoms with Gasteiger partial charge in [0, 0.05) is 19.4 Å². The van der Waals surface area contributed by atoms with Crippen LogP contribution in [0.2, 0.25) is 0 Å². The maximum atomic E-state index is 12.3. The highest BCUT2D eigenvalue weighted by atomic mass is 16.5. The highest BCUT2D eigenvalue weighted by Crippen LogP contribution is 2.23. The Kier molecular flexibility index (Phi) is 44.0. The van der Waals surface area contributed by atoms with Crippen molar-refractivity contribution in [1.29, 1.82) is 0 Å². The lowest BCUT2D eigenvalue weighted by Crippen LogP contribution is -2.19. The summed E-state index contributed by atoms with van der Waals surface area (Å²) in [4.78, 5) is 24.7. The number of carbonyl (C=O) groups excluding carboxylic acids is 2.